The van der Waals surface area contributed by atoms with E-state index in [2.05, 4.69) is 25.7 Å². The molecule has 3 nitrogen and oxygen atoms in total. The van der Waals surface area contributed by atoms with E-state index in [0.29, 0.717) is 12.5 Å². The van der Waals surface area contributed by atoms with Gasteiger partial charge in [0.25, 0.3) is 0 Å². The van der Waals surface area contributed by atoms with Gasteiger partial charge in [-0.1, -0.05) is 6.92 Å². The highest BCUT2D eigenvalue weighted by Crippen LogP contribution is 2.04. The lowest BCUT2D eigenvalue weighted by molar-refractivity contribution is 0.223. The van der Waals surface area contributed by atoms with Gasteiger partial charge < -0.3 is 4.90 Å². The van der Waals surface area contributed by atoms with Crippen molar-refractivity contribution in [3.05, 3.63) is 0 Å². The molecule has 0 aromatic carbocycles. The predicted octanol–water partition coefficient (Wildman–Crippen LogP) is 2.07. The Morgan fingerprint density at radius 3 is 2.21 bits per heavy atom. The molecule has 0 radical (unpaired) electrons. The van der Waals surface area contributed by atoms with E-state index >= 15 is 0 Å². The molecule has 0 N–H and O–H groups in total. The molecule has 0 aliphatic heterocycles. The van der Waals surface area contributed by atoms with Gasteiger partial charge in [-0.3, -0.25) is 0 Å². The van der Waals surface area contributed by atoms with Crippen LogP contribution in [0.2, 0.25) is 0 Å². The molecule has 0 heterocycles. The fourth-order valence-electron chi connectivity index (χ4n) is 1.36. The Kier molecular flexibility index (Phi) is 6.74. The minimum absolute atomic E-state index is 0.0709. The molecule has 0 amide bonds. The van der Waals surface area contributed by atoms with Crippen molar-refractivity contribution in [3.63, 3.8) is 0 Å². The van der Waals surface area contributed by atoms with Crippen LogP contribution in [0.25, 0.3) is 0 Å². The second kappa shape index (κ2) is 6.64. The molecule has 0 aliphatic carbocycles. The van der Waals surface area contributed by atoms with Crippen LogP contribution in [-0.4, -0.2) is 38.2 Å². The zero-order chi connectivity index (χ0) is 11.2. The van der Waals surface area contributed by atoms with Gasteiger partial charge in [-0.2, -0.15) is 0 Å². The van der Waals surface area contributed by atoms with Crippen molar-refractivity contribution >= 4 is 19.7 Å². The summed E-state index contributed by atoms with van der Waals surface area (Å²) in [7, 11) is 1.81. The molecule has 86 valence electrons. The second-order valence-corrected chi connectivity index (χ2v) is 6.62. The van der Waals surface area contributed by atoms with E-state index in [1.165, 1.54) is 0 Å². The molecule has 0 bridgehead atoms. The van der Waals surface area contributed by atoms with E-state index in [0.717, 1.165) is 19.5 Å². The molecular formula is C9H20ClNO2S. The lowest BCUT2D eigenvalue weighted by Gasteiger charge is -2.25. The van der Waals surface area contributed by atoms with Crippen molar-refractivity contribution in [2.24, 2.45) is 0 Å². The summed E-state index contributed by atoms with van der Waals surface area (Å²) in [5, 5.41) is 0. The maximum atomic E-state index is 10.7. The monoisotopic (exact) mass is 241 g/mol. The van der Waals surface area contributed by atoms with Crippen LogP contribution in [-0.2, 0) is 9.05 Å². The third kappa shape index (κ3) is 7.59. The summed E-state index contributed by atoms with van der Waals surface area (Å²) in [5.41, 5.74) is 0. The van der Waals surface area contributed by atoms with E-state index in [9.17, 15) is 8.42 Å². The van der Waals surface area contributed by atoms with Gasteiger partial charge in [-0.15, -0.1) is 0 Å². The summed E-state index contributed by atoms with van der Waals surface area (Å²) >= 11 is 0. The number of rotatable bonds is 7. The Balaban J connectivity index is 3.83. The highest BCUT2D eigenvalue weighted by molar-refractivity contribution is 8.13. The van der Waals surface area contributed by atoms with Crippen LogP contribution in [0.15, 0.2) is 0 Å². The topological polar surface area (TPSA) is 37.4 Å². The van der Waals surface area contributed by atoms with Crippen LogP contribution in [0.5, 0.6) is 0 Å². The third-order valence-corrected chi connectivity index (χ3v) is 3.31. The van der Waals surface area contributed by atoms with Crippen LogP contribution in [0.4, 0.5) is 0 Å². The summed E-state index contributed by atoms with van der Waals surface area (Å²) in [6.07, 6.45) is 1.70. The average Bonchev–Trinajstić information content (AvgIpc) is 2.00. The minimum Gasteiger partial charge on any atom is -0.301 e. The van der Waals surface area contributed by atoms with E-state index in [1.54, 1.807) is 0 Å². The zero-order valence-corrected chi connectivity index (χ0v) is 10.7. The quantitative estimate of drug-likeness (QED) is 0.641. The largest absolute Gasteiger partial charge is 0.301 e. The van der Waals surface area contributed by atoms with E-state index in [-0.39, 0.29) is 5.75 Å². The standard InChI is InChI=1S/C9H20ClNO2S/c1-4-6-11(9(2)3)7-5-8-14(10,12)13/h9H,4-8H2,1-3H3. The Hall–Kier alpha value is 0.200. The lowest BCUT2D eigenvalue weighted by atomic mass is 10.2. The highest BCUT2D eigenvalue weighted by Gasteiger charge is 2.10. The lowest BCUT2D eigenvalue weighted by Crippen LogP contribution is -2.33. The fourth-order valence-corrected chi connectivity index (χ4v) is 2.16. The van der Waals surface area contributed by atoms with E-state index in [1.807, 2.05) is 0 Å². The maximum absolute atomic E-state index is 10.7. The molecular weight excluding hydrogens is 222 g/mol. The molecule has 0 aromatic heterocycles. The summed E-state index contributed by atoms with van der Waals surface area (Å²) in [5.74, 6) is 0.0709. The smallest absolute Gasteiger partial charge is 0.232 e. The van der Waals surface area contributed by atoms with Crippen molar-refractivity contribution < 1.29 is 8.42 Å². The highest BCUT2D eigenvalue weighted by atomic mass is 35.7. The zero-order valence-electron chi connectivity index (χ0n) is 9.16. The molecule has 0 unspecified atom stereocenters. The molecule has 5 heteroatoms. The Morgan fingerprint density at radius 1 is 1.29 bits per heavy atom. The first-order chi connectivity index (χ1) is 6.37. The van der Waals surface area contributed by atoms with Crippen LogP contribution in [0.3, 0.4) is 0 Å². The molecule has 0 spiro atoms. The Bertz CT molecular complexity index is 239. The number of nitrogens with zero attached hydrogens (tertiary/aromatic N) is 1. The number of hydrogen-bond acceptors (Lipinski definition) is 3. The van der Waals surface area contributed by atoms with Gasteiger partial charge in [0.15, 0.2) is 0 Å². The average molecular weight is 242 g/mol. The molecule has 0 saturated heterocycles. The molecule has 0 rings (SSSR count). The van der Waals surface area contributed by atoms with Crippen LogP contribution in [0, 0.1) is 0 Å². The van der Waals surface area contributed by atoms with E-state index < -0.39 is 9.05 Å². The van der Waals surface area contributed by atoms with Crippen molar-refractivity contribution in [1.82, 2.24) is 4.90 Å². The SMILES string of the molecule is CCCN(CCCS(=O)(=O)Cl)C(C)C. The van der Waals surface area contributed by atoms with Crippen LogP contribution in [0.1, 0.15) is 33.6 Å². The summed E-state index contributed by atoms with van der Waals surface area (Å²) in [4.78, 5) is 2.27. The van der Waals surface area contributed by atoms with Gasteiger partial charge in [0.05, 0.1) is 5.75 Å². The summed E-state index contributed by atoms with van der Waals surface area (Å²) in [6, 6.07) is 0.466. The second-order valence-electron chi connectivity index (χ2n) is 3.73. The fraction of sp³-hybridized carbons (Fsp3) is 1.00. The molecule has 14 heavy (non-hydrogen) atoms. The first-order valence-electron chi connectivity index (χ1n) is 5.03. The van der Waals surface area contributed by atoms with Gasteiger partial charge >= 0.3 is 0 Å². The summed E-state index contributed by atoms with van der Waals surface area (Å²) in [6.45, 7) is 8.17. The third-order valence-electron chi connectivity index (χ3n) is 2.07. The van der Waals surface area contributed by atoms with Crippen molar-refractivity contribution in [1.29, 1.82) is 0 Å². The number of halogens is 1. The summed E-state index contributed by atoms with van der Waals surface area (Å²) < 4.78 is 21.4. The minimum atomic E-state index is -3.31. The molecule has 0 atom stereocenters. The van der Waals surface area contributed by atoms with Crippen LogP contribution >= 0.6 is 10.7 Å². The van der Waals surface area contributed by atoms with Crippen LogP contribution < -0.4 is 0 Å². The Morgan fingerprint density at radius 2 is 1.86 bits per heavy atom. The van der Waals surface area contributed by atoms with Gasteiger partial charge in [0, 0.05) is 16.7 Å². The Labute approximate surface area is 91.9 Å². The predicted molar refractivity (Wildman–Crippen MR) is 61.3 cm³/mol. The maximum Gasteiger partial charge on any atom is 0.232 e. The molecule has 0 fully saturated rings. The molecule has 0 aromatic rings. The molecule has 0 aliphatic rings. The molecule has 0 saturated carbocycles. The van der Waals surface area contributed by atoms with Gasteiger partial charge in [-0.05, 0) is 39.8 Å². The first kappa shape index (κ1) is 14.2. The van der Waals surface area contributed by atoms with Gasteiger partial charge in [-0.25, -0.2) is 8.42 Å². The number of hydrogen-bond donors (Lipinski definition) is 0. The van der Waals surface area contributed by atoms with Crippen molar-refractivity contribution in [2.75, 3.05) is 18.8 Å². The van der Waals surface area contributed by atoms with E-state index in [4.69, 9.17) is 10.7 Å². The van der Waals surface area contributed by atoms with Crippen molar-refractivity contribution in [3.8, 4) is 0 Å². The van der Waals surface area contributed by atoms with Gasteiger partial charge in [0.1, 0.15) is 0 Å². The normalized spacial score (nSPS) is 12.7. The first-order valence-corrected chi connectivity index (χ1v) is 7.51. The van der Waals surface area contributed by atoms with Gasteiger partial charge in [0.2, 0.25) is 9.05 Å². The van der Waals surface area contributed by atoms with Crippen molar-refractivity contribution in [2.45, 2.75) is 39.7 Å².